The molecule has 3 rings (SSSR count). The molecular formula is C13H12N6OS. The highest BCUT2D eigenvalue weighted by molar-refractivity contribution is 7.99. The quantitative estimate of drug-likeness (QED) is 0.330. The van der Waals surface area contributed by atoms with Crippen LogP contribution in [-0.4, -0.2) is 30.8 Å². The first-order chi connectivity index (χ1) is 10.2. The third-order valence-corrected chi connectivity index (χ3v) is 4.17. The molecule has 0 atom stereocenters. The van der Waals surface area contributed by atoms with E-state index in [0.29, 0.717) is 10.7 Å². The van der Waals surface area contributed by atoms with E-state index in [-0.39, 0.29) is 5.84 Å². The fourth-order valence-electron chi connectivity index (χ4n) is 1.92. The first kappa shape index (κ1) is 13.4. The summed E-state index contributed by atoms with van der Waals surface area (Å²) >= 11 is 1.40. The Labute approximate surface area is 124 Å². The van der Waals surface area contributed by atoms with Gasteiger partial charge in [-0.15, -0.1) is 10.2 Å². The molecule has 3 N–H and O–H groups in total. The SMILES string of the molecule is Cn1cnnc1Sc1c(/C(N)=N/O)cnc2ccccc12. The van der Waals surface area contributed by atoms with E-state index < -0.39 is 0 Å². The summed E-state index contributed by atoms with van der Waals surface area (Å²) in [5, 5.41) is 21.6. The predicted octanol–water partition coefficient (Wildman–Crippen LogP) is 1.61. The molecule has 2 heterocycles. The number of benzene rings is 1. The van der Waals surface area contributed by atoms with Crippen molar-refractivity contribution >= 4 is 28.5 Å². The zero-order valence-electron chi connectivity index (χ0n) is 11.1. The van der Waals surface area contributed by atoms with Crippen LogP contribution in [0.25, 0.3) is 10.9 Å². The van der Waals surface area contributed by atoms with Gasteiger partial charge in [0.1, 0.15) is 6.33 Å². The van der Waals surface area contributed by atoms with Gasteiger partial charge in [-0.25, -0.2) is 0 Å². The molecule has 0 aliphatic carbocycles. The summed E-state index contributed by atoms with van der Waals surface area (Å²) in [5.41, 5.74) is 7.15. The number of hydrogen-bond donors (Lipinski definition) is 2. The molecule has 0 aliphatic rings. The number of aromatic nitrogens is 4. The van der Waals surface area contributed by atoms with Crippen LogP contribution in [0, 0.1) is 0 Å². The second kappa shape index (κ2) is 5.41. The molecule has 8 heteroatoms. The standard InChI is InChI=1S/C13H12N6OS/c1-19-7-16-17-13(19)21-11-8-4-2-3-5-10(8)15-6-9(11)12(14)18-20/h2-7,20H,1H3,(H2,14,18). The van der Waals surface area contributed by atoms with Gasteiger partial charge >= 0.3 is 0 Å². The zero-order valence-corrected chi connectivity index (χ0v) is 11.9. The Morgan fingerprint density at radius 3 is 2.90 bits per heavy atom. The molecule has 0 unspecified atom stereocenters. The highest BCUT2D eigenvalue weighted by Crippen LogP contribution is 2.34. The van der Waals surface area contributed by atoms with Crippen LogP contribution < -0.4 is 5.73 Å². The largest absolute Gasteiger partial charge is 0.409 e. The fourth-order valence-corrected chi connectivity index (χ4v) is 2.93. The maximum absolute atomic E-state index is 8.96. The molecule has 0 aliphatic heterocycles. The minimum Gasteiger partial charge on any atom is -0.409 e. The summed E-state index contributed by atoms with van der Waals surface area (Å²) in [6.45, 7) is 0. The van der Waals surface area contributed by atoms with Crippen molar-refractivity contribution in [1.82, 2.24) is 19.7 Å². The van der Waals surface area contributed by atoms with Gasteiger partial charge in [0.15, 0.2) is 11.0 Å². The molecular weight excluding hydrogens is 288 g/mol. The average Bonchev–Trinajstić information content (AvgIpc) is 2.92. The van der Waals surface area contributed by atoms with Crippen LogP contribution in [0.1, 0.15) is 5.56 Å². The Bertz CT molecular complexity index is 828. The van der Waals surface area contributed by atoms with Crippen molar-refractivity contribution < 1.29 is 5.21 Å². The summed E-state index contributed by atoms with van der Waals surface area (Å²) in [6.07, 6.45) is 3.21. The van der Waals surface area contributed by atoms with Gasteiger partial charge in [0.25, 0.3) is 0 Å². The molecule has 7 nitrogen and oxygen atoms in total. The van der Waals surface area contributed by atoms with E-state index in [9.17, 15) is 0 Å². The Morgan fingerprint density at radius 2 is 2.19 bits per heavy atom. The summed E-state index contributed by atoms with van der Waals surface area (Å²) < 4.78 is 1.80. The molecule has 0 bridgehead atoms. The molecule has 1 aromatic carbocycles. The monoisotopic (exact) mass is 300 g/mol. The van der Waals surface area contributed by atoms with Gasteiger partial charge in [-0.05, 0) is 17.8 Å². The lowest BCUT2D eigenvalue weighted by Crippen LogP contribution is -2.15. The molecule has 0 saturated heterocycles. The number of amidine groups is 1. The van der Waals surface area contributed by atoms with Crippen molar-refractivity contribution in [3.05, 3.63) is 42.4 Å². The minimum atomic E-state index is 0.0120. The zero-order chi connectivity index (χ0) is 14.8. The van der Waals surface area contributed by atoms with Gasteiger partial charge in [0, 0.05) is 23.5 Å². The predicted molar refractivity (Wildman–Crippen MR) is 79.4 cm³/mol. The summed E-state index contributed by atoms with van der Waals surface area (Å²) in [5.74, 6) is 0.0120. The Hall–Kier alpha value is -2.61. The third-order valence-electron chi connectivity index (χ3n) is 2.97. The second-order valence-electron chi connectivity index (χ2n) is 4.33. The first-order valence-electron chi connectivity index (χ1n) is 6.08. The van der Waals surface area contributed by atoms with Crippen molar-refractivity contribution in [2.75, 3.05) is 0 Å². The van der Waals surface area contributed by atoms with E-state index in [1.165, 1.54) is 11.8 Å². The number of hydrogen-bond acceptors (Lipinski definition) is 6. The lowest BCUT2D eigenvalue weighted by Gasteiger charge is -2.10. The Morgan fingerprint density at radius 1 is 1.38 bits per heavy atom. The van der Waals surface area contributed by atoms with E-state index in [4.69, 9.17) is 10.9 Å². The van der Waals surface area contributed by atoms with E-state index in [1.54, 1.807) is 17.1 Å². The van der Waals surface area contributed by atoms with Crippen LogP contribution in [0.2, 0.25) is 0 Å². The van der Waals surface area contributed by atoms with Gasteiger partial charge in [-0.1, -0.05) is 23.4 Å². The first-order valence-corrected chi connectivity index (χ1v) is 6.90. The normalized spacial score (nSPS) is 12.0. The van der Waals surface area contributed by atoms with Gasteiger partial charge < -0.3 is 15.5 Å². The molecule has 0 amide bonds. The molecule has 0 radical (unpaired) electrons. The van der Waals surface area contributed by atoms with Crippen LogP contribution in [0.15, 0.2) is 52.0 Å². The lowest BCUT2D eigenvalue weighted by atomic mass is 10.1. The van der Waals surface area contributed by atoms with Crippen LogP contribution in [-0.2, 0) is 7.05 Å². The molecule has 106 valence electrons. The van der Waals surface area contributed by atoms with E-state index in [2.05, 4.69) is 20.3 Å². The number of para-hydroxylation sites is 1. The van der Waals surface area contributed by atoms with Gasteiger partial charge in [-0.2, -0.15) is 0 Å². The molecule has 3 aromatic rings. The number of rotatable bonds is 3. The second-order valence-corrected chi connectivity index (χ2v) is 5.31. The maximum atomic E-state index is 8.96. The van der Waals surface area contributed by atoms with Crippen molar-refractivity contribution in [3.63, 3.8) is 0 Å². The number of fused-ring (bicyclic) bond motifs is 1. The van der Waals surface area contributed by atoms with Crippen molar-refractivity contribution in [1.29, 1.82) is 0 Å². The molecule has 21 heavy (non-hydrogen) atoms. The van der Waals surface area contributed by atoms with Crippen LogP contribution in [0.4, 0.5) is 0 Å². The van der Waals surface area contributed by atoms with E-state index in [1.807, 2.05) is 31.3 Å². The summed E-state index contributed by atoms with van der Waals surface area (Å²) in [7, 11) is 1.86. The number of nitrogens with zero attached hydrogens (tertiary/aromatic N) is 5. The topological polar surface area (TPSA) is 102 Å². The van der Waals surface area contributed by atoms with Crippen LogP contribution >= 0.6 is 11.8 Å². The third kappa shape index (κ3) is 2.40. The summed E-state index contributed by atoms with van der Waals surface area (Å²) in [6, 6.07) is 7.68. The number of aryl methyl sites for hydroxylation is 1. The van der Waals surface area contributed by atoms with Crippen LogP contribution in [0.3, 0.4) is 0 Å². The van der Waals surface area contributed by atoms with Gasteiger partial charge in [0.05, 0.1) is 11.1 Å². The Balaban J connectivity index is 2.23. The molecule has 0 saturated carbocycles. The van der Waals surface area contributed by atoms with Crippen molar-refractivity contribution in [2.24, 2.45) is 17.9 Å². The fraction of sp³-hybridized carbons (Fsp3) is 0.0769. The smallest absolute Gasteiger partial charge is 0.195 e. The molecule has 0 spiro atoms. The van der Waals surface area contributed by atoms with Gasteiger partial charge in [-0.3, -0.25) is 4.98 Å². The lowest BCUT2D eigenvalue weighted by molar-refractivity contribution is 0.318. The van der Waals surface area contributed by atoms with E-state index in [0.717, 1.165) is 15.8 Å². The number of nitrogens with two attached hydrogens (primary N) is 1. The highest BCUT2D eigenvalue weighted by atomic mass is 32.2. The van der Waals surface area contributed by atoms with Gasteiger partial charge in [0.2, 0.25) is 0 Å². The number of pyridine rings is 1. The van der Waals surface area contributed by atoms with Crippen molar-refractivity contribution in [3.8, 4) is 0 Å². The van der Waals surface area contributed by atoms with Crippen LogP contribution in [0.5, 0.6) is 0 Å². The summed E-state index contributed by atoms with van der Waals surface area (Å²) in [4.78, 5) is 5.16. The maximum Gasteiger partial charge on any atom is 0.195 e. The minimum absolute atomic E-state index is 0.0120. The average molecular weight is 300 g/mol. The van der Waals surface area contributed by atoms with Crippen molar-refractivity contribution in [2.45, 2.75) is 10.1 Å². The van der Waals surface area contributed by atoms with E-state index >= 15 is 0 Å². The highest BCUT2D eigenvalue weighted by Gasteiger charge is 2.15. The Kier molecular flexibility index (Phi) is 3.44. The molecule has 2 aromatic heterocycles. The molecule has 0 fully saturated rings. The number of oxime groups is 1.